The van der Waals surface area contributed by atoms with Crippen LogP contribution in [0.4, 0.5) is 0 Å². The summed E-state index contributed by atoms with van der Waals surface area (Å²) in [5.74, 6) is 0.715. The smallest absolute Gasteiger partial charge is 0.175 e. The lowest BCUT2D eigenvalue weighted by atomic mass is 10.3. The molecule has 0 amide bonds. The Morgan fingerprint density at radius 3 is 3.00 bits per heavy atom. The standard InChI is InChI=1S/C8H9N3OS/c9-4-12-6-3-1-2-5-7(6)11-8(13)10-5/h1-3H,4,9H2,(H2,10,11,13). The molecule has 0 saturated heterocycles. The molecular formula is C8H9N3OS. The Labute approximate surface area is 79.7 Å². The fourth-order valence-corrected chi connectivity index (χ4v) is 1.45. The molecule has 0 bridgehead atoms. The molecule has 4 N–H and O–H groups in total. The van der Waals surface area contributed by atoms with Crippen molar-refractivity contribution in [1.82, 2.24) is 9.97 Å². The lowest BCUT2D eigenvalue weighted by Crippen LogP contribution is -2.07. The van der Waals surface area contributed by atoms with Gasteiger partial charge in [0.05, 0.1) is 5.52 Å². The van der Waals surface area contributed by atoms with E-state index in [2.05, 4.69) is 9.97 Å². The molecule has 68 valence electrons. The second kappa shape index (κ2) is 3.20. The molecule has 1 aromatic heterocycles. The van der Waals surface area contributed by atoms with Crippen LogP contribution in [0.2, 0.25) is 0 Å². The van der Waals surface area contributed by atoms with Gasteiger partial charge in [-0.1, -0.05) is 6.07 Å². The second-order valence-corrected chi connectivity index (χ2v) is 2.98. The third-order valence-corrected chi connectivity index (χ3v) is 1.96. The normalized spacial score (nSPS) is 10.5. The van der Waals surface area contributed by atoms with Crippen molar-refractivity contribution >= 4 is 23.3 Å². The molecule has 0 aliphatic heterocycles. The van der Waals surface area contributed by atoms with Crippen molar-refractivity contribution in [2.75, 3.05) is 6.73 Å². The Morgan fingerprint density at radius 2 is 2.23 bits per heavy atom. The van der Waals surface area contributed by atoms with Gasteiger partial charge in [0.2, 0.25) is 0 Å². The molecule has 0 atom stereocenters. The Balaban J connectivity index is 2.67. The number of imidazole rings is 1. The van der Waals surface area contributed by atoms with Gasteiger partial charge in [0.15, 0.2) is 4.77 Å². The van der Waals surface area contributed by atoms with Gasteiger partial charge in [-0.15, -0.1) is 0 Å². The number of aromatic nitrogens is 2. The van der Waals surface area contributed by atoms with Crippen molar-refractivity contribution < 1.29 is 4.74 Å². The first-order chi connectivity index (χ1) is 6.31. The second-order valence-electron chi connectivity index (χ2n) is 2.57. The van der Waals surface area contributed by atoms with Crippen LogP contribution in [0.5, 0.6) is 5.75 Å². The molecule has 0 aliphatic carbocycles. The Bertz CT molecular complexity index is 473. The molecule has 0 fully saturated rings. The van der Waals surface area contributed by atoms with Gasteiger partial charge in [0.1, 0.15) is 18.0 Å². The number of para-hydroxylation sites is 1. The summed E-state index contributed by atoms with van der Waals surface area (Å²) in [6.07, 6.45) is 0. The van der Waals surface area contributed by atoms with Crippen LogP contribution in [0.3, 0.4) is 0 Å². The zero-order valence-corrected chi connectivity index (χ0v) is 7.65. The SMILES string of the molecule is NCOc1cccc2[nH]c(=S)[nH]c12. The van der Waals surface area contributed by atoms with E-state index in [-0.39, 0.29) is 6.73 Å². The third kappa shape index (κ3) is 1.43. The predicted molar refractivity (Wildman–Crippen MR) is 53.2 cm³/mol. The number of nitrogens with one attached hydrogen (secondary N) is 2. The summed E-state index contributed by atoms with van der Waals surface area (Å²) in [5, 5.41) is 0. The van der Waals surface area contributed by atoms with Crippen LogP contribution >= 0.6 is 12.2 Å². The van der Waals surface area contributed by atoms with Crippen molar-refractivity contribution in [3.63, 3.8) is 0 Å². The van der Waals surface area contributed by atoms with Gasteiger partial charge in [-0.2, -0.15) is 0 Å². The molecule has 4 nitrogen and oxygen atoms in total. The maximum Gasteiger partial charge on any atom is 0.175 e. The molecule has 2 aromatic rings. The first-order valence-electron chi connectivity index (χ1n) is 3.85. The number of H-pyrrole nitrogens is 2. The maximum absolute atomic E-state index is 5.29. The van der Waals surface area contributed by atoms with Crippen LogP contribution in [0.1, 0.15) is 0 Å². The average molecular weight is 195 g/mol. The number of aromatic amines is 2. The van der Waals surface area contributed by atoms with Crippen molar-refractivity contribution in [2.45, 2.75) is 0 Å². The summed E-state index contributed by atoms with van der Waals surface area (Å²) in [4.78, 5) is 5.99. The summed E-state index contributed by atoms with van der Waals surface area (Å²) >= 11 is 4.96. The van der Waals surface area contributed by atoms with E-state index in [0.717, 1.165) is 11.0 Å². The lowest BCUT2D eigenvalue weighted by molar-refractivity contribution is 0.333. The highest BCUT2D eigenvalue weighted by molar-refractivity contribution is 7.71. The van der Waals surface area contributed by atoms with E-state index >= 15 is 0 Å². The van der Waals surface area contributed by atoms with Gasteiger partial charge in [0.25, 0.3) is 0 Å². The zero-order chi connectivity index (χ0) is 9.26. The van der Waals surface area contributed by atoms with E-state index < -0.39 is 0 Å². The molecule has 1 heterocycles. The molecule has 13 heavy (non-hydrogen) atoms. The lowest BCUT2D eigenvalue weighted by Gasteiger charge is -2.02. The van der Waals surface area contributed by atoms with Gasteiger partial charge in [-0.05, 0) is 24.4 Å². The molecule has 0 spiro atoms. The summed E-state index contributed by atoms with van der Waals surface area (Å²) in [6.45, 7) is 0.158. The zero-order valence-electron chi connectivity index (χ0n) is 6.83. The van der Waals surface area contributed by atoms with E-state index in [9.17, 15) is 0 Å². The molecular weight excluding hydrogens is 186 g/mol. The quantitative estimate of drug-likeness (QED) is 0.502. The van der Waals surface area contributed by atoms with Crippen LogP contribution in [0.25, 0.3) is 11.0 Å². The van der Waals surface area contributed by atoms with Crippen LogP contribution in [0.15, 0.2) is 18.2 Å². The highest BCUT2D eigenvalue weighted by atomic mass is 32.1. The van der Waals surface area contributed by atoms with E-state index in [1.54, 1.807) is 0 Å². The fourth-order valence-electron chi connectivity index (χ4n) is 1.24. The van der Waals surface area contributed by atoms with E-state index in [0.29, 0.717) is 10.5 Å². The number of hydrogen-bond donors (Lipinski definition) is 3. The number of nitrogens with two attached hydrogens (primary N) is 1. The molecule has 0 aliphatic rings. The van der Waals surface area contributed by atoms with E-state index in [1.807, 2.05) is 18.2 Å². The fraction of sp³-hybridized carbons (Fsp3) is 0.125. The van der Waals surface area contributed by atoms with Crippen molar-refractivity contribution in [2.24, 2.45) is 5.73 Å². The summed E-state index contributed by atoms with van der Waals surface area (Å²) in [6, 6.07) is 5.64. The van der Waals surface area contributed by atoms with Gasteiger partial charge in [-0.3, -0.25) is 5.73 Å². The summed E-state index contributed by atoms with van der Waals surface area (Å²) < 4.78 is 5.80. The highest BCUT2D eigenvalue weighted by Gasteiger charge is 2.02. The van der Waals surface area contributed by atoms with Gasteiger partial charge >= 0.3 is 0 Å². The van der Waals surface area contributed by atoms with Crippen molar-refractivity contribution in [3.8, 4) is 5.75 Å². The number of hydrogen-bond acceptors (Lipinski definition) is 3. The highest BCUT2D eigenvalue weighted by Crippen LogP contribution is 2.21. The minimum absolute atomic E-state index is 0.158. The Kier molecular flexibility index (Phi) is 2.03. The number of ether oxygens (including phenoxy) is 1. The van der Waals surface area contributed by atoms with Crippen LogP contribution < -0.4 is 10.5 Å². The van der Waals surface area contributed by atoms with Crippen LogP contribution in [0, 0.1) is 4.77 Å². The molecule has 0 unspecified atom stereocenters. The Hall–Kier alpha value is -1.33. The van der Waals surface area contributed by atoms with E-state index in [4.69, 9.17) is 22.7 Å². The first kappa shape index (κ1) is 8.28. The van der Waals surface area contributed by atoms with Gasteiger partial charge in [-0.25, -0.2) is 0 Å². The van der Waals surface area contributed by atoms with Crippen molar-refractivity contribution in [1.29, 1.82) is 0 Å². The topological polar surface area (TPSA) is 66.8 Å². The Morgan fingerprint density at radius 1 is 1.38 bits per heavy atom. The summed E-state index contributed by atoms with van der Waals surface area (Å²) in [7, 11) is 0. The number of benzene rings is 1. The van der Waals surface area contributed by atoms with Gasteiger partial charge in [0, 0.05) is 0 Å². The number of rotatable bonds is 2. The van der Waals surface area contributed by atoms with Crippen molar-refractivity contribution in [3.05, 3.63) is 23.0 Å². The predicted octanol–water partition coefficient (Wildman–Crippen LogP) is 1.52. The van der Waals surface area contributed by atoms with E-state index in [1.165, 1.54) is 0 Å². The molecule has 0 saturated carbocycles. The monoisotopic (exact) mass is 195 g/mol. The van der Waals surface area contributed by atoms with Crippen LogP contribution in [-0.2, 0) is 0 Å². The molecule has 5 heteroatoms. The van der Waals surface area contributed by atoms with Gasteiger partial charge < -0.3 is 14.7 Å². The maximum atomic E-state index is 5.29. The molecule has 2 rings (SSSR count). The largest absolute Gasteiger partial charge is 0.476 e. The minimum Gasteiger partial charge on any atom is -0.476 e. The molecule has 1 aromatic carbocycles. The number of fused-ring (bicyclic) bond motifs is 1. The average Bonchev–Trinajstić information content (AvgIpc) is 2.47. The summed E-state index contributed by atoms with van der Waals surface area (Å²) in [5.41, 5.74) is 7.07. The third-order valence-electron chi connectivity index (χ3n) is 1.75. The minimum atomic E-state index is 0.158. The molecule has 0 radical (unpaired) electrons. The van der Waals surface area contributed by atoms with Crippen LogP contribution in [-0.4, -0.2) is 16.7 Å². The first-order valence-corrected chi connectivity index (χ1v) is 4.26.